The zero-order valence-corrected chi connectivity index (χ0v) is 12.3. The Hall–Kier alpha value is -0.670. The van der Waals surface area contributed by atoms with Crippen LogP contribution in [0.25, 0.3) is 0 Å². The van der Waals surface area contributed by atoms with Crippen molar-refractivity contribution in [1.82, 2.24) is 0 Å². The van der Waals surface area contributed by atoms with Crippen molar-refractivity contribution >= 4 is 11.8 Å². The van der Waals surface area contributed by atoms with Gasteiger partial charge < -0.3 is 10.5 Å². The molecular weight excluding hydrogens is 230 g/mol. The summed E-state index contributed by atoms with van der Waals surface area (Å²) in [6.45, 7) is 9.42. The van der Waals surface area contributed by atoms with Crippen LogP contribution in [0.15, 0.2) is 17.0 Å². The third-order valence-electron chi connectivity index (χ3n) is 2.83. The molecule has 0 saturated carbocycles. The second kappa shape index (κ2) is 5.78. The molecule has 0 aliphatic heterocycles. The summed E-state index contributed by atoms with van der Waals surface area (Å²) in [4.78, 5) is 1.32. The summed E-state index contributed by atoms with van der Waals surface area (Å²) in [6, 6.07) is 4.31. The maximum atomic E-state index is 5.65. The van der Waals surface area contributed by atoms with Crippen LogP contribution in [0.2, 0.25) is 0 Å². The molecule has 1 aromatic rings. The van der Waals surface area contributed by atoms with Crippen molar-refractivity contribution in [3.8, 4) is 5.75 Å². The van der Waals surface area contributed by atoms with Gasteiger partial charge in [0, 0.05) is 9.64 Å². The van der Waals surface area contributed by atoms with Gasteiger partial charge in [0.2, 0.25) is 0 Å². The number of aryl methyl sites for hydroxylation is 2. The van der Waals surface area contributed by atoms with Gasteiger partial charge in [0.15, 0.2) is 0 Å². The minimum absolute atomic E-state index is 0.181. The van der Waals surface area contributed by atoms with Crippen LogP contribution in [-0.2, 0) is 0 Å². The summed E-state index contributed by atoms with van der Waals surface area (Å²) in [5.41, 5.74) is 8.10. The lowest BCUT2D eigenvalue weighted by Gasteiger charge is -2.24. The van der Waals surface area contributed by atoms with Crippen molar-refractivity contribution in [2.75, 3.05) is 13.7 Å². The molecule has 1 aromatic carbocycles. The minimum atomic E-state index is 0.181. The van der Waals surface area contributed by atoms with E-state index in [4.69, 9.17) is 10.5 Å². The van der Waals surface area contributed by atoms with Gasteiger partial charge in [-0.1, -0.05) is 13.8 Å². The number of benzene rings is 1. The molecule has 17 heavy (non-hydrogen) atoms. The molecule has 3 heteroatoms. The molecule has 1 rings (SSSR count). The van der Waals surface area contributed by atoms with Gasteiger partial charge in [0.1, 0.15) is 5.75 Å². The first-order valence-electron chi connectivity index (χ1n) is 5.94. The van der Waals surface area contributed by atoms with E-state index in [9.17, 15) is 0 Å². The molecule has 0 bridgehead atoms. The van der Waals surface area contributed by atoms with Crippen LogP contribution in [0.5, 0.6) is 5.75 Å². The average molecular weight is 253 g/mol. The third kappa shape index (κ3) is 3.93. The first kappa shape index (κ1) is 14.4. The highest BCUT2D eigenvalue weighted by molar-refractivity contribution is 8.00. The lowest BCUT2D eigenvalue weighted by atomic mass is 10.1. The Kier molecular flexibility index (Phi) is 4.90. The van der Waals surface area contributed by atoms with E-state index >= 15 is 0 Å². The zero-order chi connectivity index (χ0) is 13.1. The highest BCUT2D eigenvalue weighted by Gasteiger charge is 2.20. The number of rotatable bonds is 5. The minimum Gasteiger partial charge on any atom is -0.496 e. The van der Waals surface area contributed by atoms with Crippen molar-refractivity contribution in [2.24, 2.45) is 5.73 Å². The zero-order valence-electron chi connectivity index (χ0n) is 11.5. The summed E-state index contributed by atoms with van der Waals surface area (Å²) in [5.74, 6) is 0.962. The maximum Gasteiger partial charge on any atom is 0.122 e. The fourth-order valence-corrected chi connectivity index (χ4v) is 3.06. The predicted octanol–water partition coefficient (Wildman–Crippen LogP) is 3.53. The Bertz CT molecular complexity index is 388. The molecule has 0 heterocycles. The monoisotopic (exact) mass is 253 g/mol. The Morgan fingerprint density at radius 2 is 1.88 bits per heavy atom. The highest BCUT2D eigenvalue weighted by Crippen LogP contribution is 2.38. The van der Waals surface area contributed by atoms with Crippen LogP contribution in [0.3, 0.4) is 0 Å². The van der Waals surface area contributed by atoms with Crippen LogP contribution >= 0.6 is 11.8 Å². The summed E-state index contributed by atoms with van der Waals surface area (Å²) < 4.78 is 5.51. The van der Waals surface area contributed by atoms with E-state index in [1.54, 1.807) is 7.11 Å². The lowest BCUT2D eigenvalue weighted by Crippen LogP contribution is -2.19. The molecule has 0 radical (unpaired) electrons. The van der Waals surface area contributed by atoms with E-state index in [-0.39, 0.29) is 4.75 Å². The van der Waals surface area contributed by atoms with Crippen LogP contribution in [-0.4, -0.2) is 18.4 Å². The first-order chi connectivity index (χ1) is 7.89. The standard InChI is InChI=1S/C14H23NOS/c1-10-9-13(11(2)8-12(10)16-5)17-14(3,4)6-7-15/h8-9H,6-7,15H2,1-5H3. The molecule has 0 unspecified atom stereocenters. The fourth-order valence-electron chi connectivity index (χ4n) is 1.79. The predicted molar refractivity (Wildman–Crippen MR) is 76.1 cm³/mol. The van der Waals surface area contributed by atoms with Gasteiger partial charge in [-0.15, -0.1) is 11.8 Å². The molecular formula is C14H23NOS. The highest BCUT2D eigenvalue weighted by atomic mass is 32.2. The molecule has 2 nitrogen and oxygen atoms in total. The Morgan fingerprint density at radius 3 is 2.41 bits per heavy atom. The molecule has 0 spiro atoms. The molecule has 0 atom stereocenters. The van der Waals surface area contributed by atoms with Gasteiger partial charge in [-0.3, -0.25) is 0 Å². The normalized spacial score (nSPS) is 11.6. The van der Waals surface area contributed by atoms with Crippen LogP contribution in [0.1, 0.15) is 31.4 Å². The second-order valence-electron chi connectivity index (χ2n) is 4.99. The number of hydrogen-bond donors (Lipinski definition) is 1. The van der Waals surface area contributed by atoms with Crippen molar-refractivity contribution in [1.29, 1.82) is 0 Å². The van der Waals surface area contributed by atoms with E-state index in [0.717, 1.165) is 18.7 Å². The van der Waals surface area contributed by atoms with Crippen LogP contribution in [0, 0.1) is 13.8 Å². The number of nitrogens with two attached hydrogens (primary N) is 1. The van der Waals surface area contributed by atoms with Gasteiger partial charge in [-0.05, 0) is 50.1 Å². The molecule has 0 aliphatic carbocycles. The van der Waals surface area contributed by atoms with Crippen molar-refractivity contribution in [3.05, 3.63) is 23.3 Å². The SMILES string of the molecule is COc1cc(C)c(SC(C)(C)CCN)cc1C. The first-order valence-corrected chi connectivity index (χ1v) is 6.75. The molecule has 0 aromatic heterocycles. The molecule has 0 fully saturated rings. The molecule has 2 N–H and O–H groups in total. The quantitative estimate of drug-likeness (QED) is 0.815. The number of hydrogen-bond acceptors (Lipinski definition) is 3. The van der Waals surface area contributed by atoms with Gasteiger partial charge in [0.05, 0.1) is 7.11 Å². The molecule has 0 saturated heterocycles. The van der Waals surface area contributed by atoms with E-state index in [2.05, 4.69) is 39.8 Å². The van der Waals surface area contributed by atoms with E-state index in [1.165, 1.54) is 16.0 Å². The fraction of sp³-hybridized carbons (Fsp3) is 0.571. The lowest BCUT2D eigenvalue weighted by molar-refractivity contribution is 0.411. The average Bonchev–Trinajstić information content (AvgIpc) is 2.22. The smallest absolute Gasteiger partial charge is 0.122 e. The van der Waals surface area contributed by atoms with E-state index in [0.29, 0.717) is 0 Å². The molecule has 0 amide bonds. The van der Waals surface area contributed by atoms with Gasteiger partial charge in [-0.25, -0.2) is 0 Å². The Labute approximate surface area is 109 Å². The number of methoxy groups -OCH3 is 1. The largest absolute Gasteiger partial charge is 0.496 e. The van der Waals surface area contributed by atoms with Crippen molar-refractivity contribution in [2.45, 2.75) is 43.8 Å². The van der Waals surface area contributed by atoms with Crippen molar-refractivity contribution < 1.29 is 4.74 Å². The van der Waals surface area contributed by atoms with Crippen LogP contribution in [0.4, 0.5) is 0 Å². The topological polar surface area (TPSA) is 35.2 Å². The number of thioether (sulfide) groups is 1. The Morgan fingerprint density at radius 1 is 1.24 bits per heavy atom. The summed E-state index contributed by atoms with van der Waals surface area (Å²) in [7, 11) is 1.72. The van der Waals surface area contributed by atoms with Crippen molar-refractivity contribution in [3.63, 3.8) is 0 Å². The molecule has 0 aliphatic rings. The summed E-state index contributed by atoms with van der Waals surface area (Å²) >= 11 is 1.89. The second-order valence-corrected chi connectivity index (χ2v) is 6.74. The van der Waals surface area contributed by atoms with E-state index < -0.39 is 0 Å². The van der Waals surface area contributed by atoms with Gasteiger partial charge in [-0.2, -0.15) is 0 Å². The van der Waals surface area contributed by atoms with Gasteiger partial charge >= 0.3 is 0 Å². The summed E-state index contributed by atoms with van der Waals surface area (Å²) in [6.07, 6.45) is 1.02. The third-order valence-corrected chi connectivity index (χ3v) is 4.24. The molecule has 96 valence electrons. The Balaban J connectivity index is 2.96. The number of ether oxygens (including phenoxy) is 1. The van der Waals surface area contributed by atoms with Crippen LogP contribution < -0.4 is 10.5 Å². The van der Waals surface area contributed by atoms with Gasteiger partial charge in [0.25, 0.3) is 0 Å². The van der Waals surface area contributed by atoms with E-state index in [1.807, 2.05) is 11.8 Å². The summed E-state index contributed by atoms with van der Waals surface area (Å²) in [5, 5.41) is 0. The maximum absolute atomic E-state index is 5.65.